The van der Waals surface area contributed by atoms with Crippen molar-refractivity contribution in [1.29, 1.82) is 5.26 Å². The molecule has 17 heavy (non-hydrogen) atoms. The number of nitrogens with one attached hydrogen (secondary N) is 2. The number of nitrogens with zero attached hydrogens (tertiary/aromatic N) is 1. The molecule has 0 aliphatic carbocycles. The Bertz CT molecular complexity index is 494. The van der Waals surface area contributed by atoms with Crippen LogP contribution in [0.5, 0.6) is 0 Å². The van der Waals surface area contributed by atoms with Gasteiger partial charge in [0.15, 0.2) is 0 Å². The van der Waals surface area contributed by atoms with E-state index in [0.717, 1.165) is 6.07 Å². The van der Waals surface area contributed by atoms with Crippen LogP contribution in [0, 0.1) is 17.1 Å². The molecule has 6 heteroatoms. The highest BCUT2D eigenvalue weighted by Gasteiger charge is 2.08. The van der Waals surface area contributed by atoms with E-state index >= 15 is 0 Å². The second-order valence-electron chi connectivity index (χ2n) is 3.26. The van der Waals surface area contributed by atoms with Gasteiger partial charge < -0.3 is 10.6 Å². The minimum atomic E-state index is -0.634. The molecule has 0 heterocycles. The SMILES string of the molecule is CC(=O)Nc1ccc(F)c(NC(=O)CC#N)c1. The van der Waals surface area contributed by atoms with Crippen LogP contribution in [0.3, 0.4) is 0 Å². The molecule has 2 N–H and O–H groups in total. The minimum absolute atomic E-state index is 0.0727. The minimum Gasteiger partial charge on any atom is -0.326 e. The molecule has 0 atom stereocenters. The Balaban J connectivity index is 2.87. The third-order valence-corrected chi connectivity index (χ3v) is 1.80. The average Bonchev–Trinajstić information content (AvgIpc) is 2.22. The van der Waals surface area contributed by atoms with Gasteiger partial charge in [-0.25, -0.2) is 4.39 Å². The van der Waals surface area contributed by atoms with Crippen molar-refractivity contribution in [2.45, 2.75) is 13.3 Å². The zero-order valence-corrected chi connectivity index (χ0v) is 9.08. The summed E-state index contributed by atoms with van der Waals surface area (Å²) in [5.74, 6) is -1.54. The number of nitriles is 1. The molecule has 0 unspecified atom stereocenters. The summed E-state index contributed by atoms with van der Waals surface area (Å²) in [5, 5.41) is 13.0. The molecule has 0 saturated carbocycles. The monoisotopic (exact) mass is 235 g/mol. The number of halogens is 1. The van der Waals surface area contributed by atoms with E-state index in [9.17, 15) is 14.0 Å². The third-order valence-electron chi connectivity index (χ3n) is 1.80. The Kier molecular flexibility index (Phi) is 4.17. The van der Waals surface area contributed by atoms with Crippen LogP contribution in [-0.2, 0) is 9.59 Å². The lowest BCUT2D eigenvalue weighted by Crippen LogP contribution is -2.12. The van der Waals surface area contributed by atoms with Gasteiger partial charge in [-0.2, -0.15) is 5.26 Å². The van der Waals surface area contributed by atoms with Gasteiger partial charge in [-0.3, -0.25) is 9.59 Å². The normalized spacial score (nSPS) is 9.24. The predicted octanol–water partition coefficient (Wildman–Crippen LogP) is 1.64. The lowest BCUT2D eigenvalue weighted by molar-refractivity contribution is -0.115. The molecule has 1 rings (SSSR count). The molecule has 1 aromatic rings. The Morgan fingerprint density at radius 3 is 2.71 bits per heavy atom. The van der Waals surface area contributed by atoms with Crippen LogP contribution in [0.4, 0.5) is 15.8 Å². The predicted molar refractivity (Wildman–Crippen MR) is 59.6 cm³/mol. The van der Waals surface area contributed by atoms with Gasteiger partial charge in [0.05, 0.1) is 11.8 Å². The number of hydrogen-bond acceptors (Lipinski definition) is 3. The number of rotatable bonds is 3. The van der Waals surface area contributed by atoms with E-state index in [4.69, 9.17) is 5.26 Å². The molecule has 1 aromatic carbocycles. The fourth-order valence-electron chi connectivity index (χ4n) is 1.17. The second-order valence-corrected chi connectivity index (χ2v) is 3.26. The van der Waals surface area contributed by atoms with Gasteiger partial charge in [0.2, 0.25) is 11.8 Å². The van der Waals surface area contributed by atoms with Gasteiger partial charge in [-0.05, 0) is 18.2 Å². The third kappa shape index (κ3) is 3.91. The number of amides is 2. The maximum atomic E-state index is 13.3. The molecule has 0 aliphatic rings. The second kappa shape index (κ2) is 5.61. The van der Waals surface area contributed by atoms with Gasteiger partial charge in [0.1, 0.15) is 12.2 Å². The van der Waals surface area contributed by atoms with E-state index in [1.54, 1.807) is 6.07 Å². The summed E-state index contributed by atoms with van der Waals surface area (Å²) in [6.45, 7) is 1.32. The highest BCUT2D eigenvalue weighted by atomic mass is 19.1. The van der Waals surface area contributed by atoms with E-state index in [2.05, 4.69) is 10.6 Å². The van der Waals surface area contributed by atoms with Gasteiger partial charge in [-0.1, -0.05) is 0 Å². The van der Waals surface area contributed by atoms with Crippen LogP contribution in [0.25, 0.3) is 0 Å². The first-order valence-corrected chi connectivity index (χ1v) is 4.77. The fourth-order valence-corrected chi connectivity index (χ4v) is 1.17. The van der Waals surface area contributed by atoms with Crippen molar-refractivity contribution in [3.8, 4) is 6.07 Å². The fraction of sp³-hybridized carbons (Fsp3) is 0.182. The summed E-state index contributed by atoms with van der Waals surface area (Å²) in [6, 6.07) is 5.42. The molecule has 0 radical (unpaired) electrons. The van der Waals surface area contributed by atoms with Crippen LogP contribution < -0.4 is 10.6 Å². The van der Waals surface area contributed by atoms with Crippen molar-refractivity contribution < 1.29 is 14.0 Å². The Morgan fingerprint density at radius 2 is 2.12 bits per heavy atom. The largest absolute Gasteiger partial charge is 0.326 e. The van der Waals surface area contributed by atoms with Gasteiger partial charge in [-0.15, -0.1) is 0 Å². The Morgan fingerprint density at radius 1 is 1.41 bits per heavy atom. The summed E-state index contributed by atoms with van der Waals surface area (Å²) in [5.41, 5.74) is 0.294. The lowest BCUT2D eigenvalue weighted by atomic mass is 10.2. The van der Waals surface area contributed by atoms with E-state index in [-0.39, 0.29) is 18.0 Å². The van der Waals surface area contributed by atoms with Crippen LogP contribution >= 0.6 is 0 Å². The maximum Gasteiger partial charge on any atom is 0.238 e. The smallest absolute Gasteiger partial charge is 0.238 e. The number of hydrogen-bond donors (Lipinski definition) is 2. The standard InChI is InChI=1S/C11H10FN3O2/c1-7(16)14-8-2-3-9(12)10(6-8)15-11(17)4-5-13/h2-3,6H,4H2,1H3,(H,14,16)(H,15,17). The molecular formula is C11H10FN3O2. The molecule has 0 spiro atoms. The summed E-state index contributed by atoms with van der Waals surface area (Å²) in [6.07, 6.45) is -0.357. The first kappa shape index (κ1) is 12.6. The molecule has 0 fully saturated rings. The number of carbonyl (C=O) groups excluding carboxylic acids is 2. The topological polar surface area (TPSA) is 82.0 Å². The van der Waals surface area contributed by atoms with E-state index in [1.807, 2.05) is 0 Å². The van der Waals surface area contributed by atoms with Gasteiger partial charge >= 0.3 is 0 Å². The van der Waals surface area contributed by atoms with Crippen LogP contribution in [0.1, 0.15) is 13.3 Å². The summed E-state index contributed by atoms with van der Waals surface area (Å²) in [7, 11) is 0. The molecule has 5 nitrogen and oxygen atoms in total. The first-order valence-electron chi connectivity index (χ1n) is 4.77. The molecule has 2 amide bonds. The van der Waals surface area contributed by atoms with Crippen molar-refractivity contribution in [2.24, 2.45) is 0 Å². The van der Waals surface area contributed by atoms with Gasteiger partial charge in [0.25, 0.3) is 0 Å². The molecule has 0 bridgehead atoms. The quantitative estimate of drug-likeness (QED) is 0.835. The Hall–Kier alpha value is -2.42. The highest BCUT2D eigenvalue weighted by molar-refractivity contribution is 5.94. The van der Waals surface area contributed by atoms with Crippen molar-refractivity contribution in [3.63, 3.8) is 0 Å². The zero-order valence-electron chi connectivity index (χ0n) is 9.08. The first-order chi connectivity index (χ1) is 8.02. The number of benzene rings is 1. The van der Waals surface area contributed by atoms with Gasteiger partial charge in [0, 0.05) is 12.6 Å². The van der Waals surface area contributed by atoms with Crippen molar-refractivity contribution >= 4 is 23.2 Å². The van der Waals surface area contributed by atoms with Crippen LogP contribution in [0.15, 0.2) is 18.2 Å². The van der Waals surface area contributed by atoms with E-state index < -0.39 is 11.7 Å². The molecule has 0 aromatic heterocycles. The maximum absolute atomic E-state index is 13.3. The molecule has 88 valence electrons. The van der Waals surface area contributed by atoms with E-state index in [0.29, 0.717) is 5.69 Å². The van der Waals surface area contributed by atoms with Crippen molar-refractivity contribution in [2.75, 3.05) is 10.6 Å². The summed E-state index contributed by atoms with van der Waals surface area (Å²) >= 11 is 0. The van der Waals surface area contributed by atoms with Crippen LogP contribution in [-0.4, -0.2) is 11.8 Å². The summed E-state index contributed by atoms with van der Waals surface area (Å²) < 4.78 is 13.3. The number of carbonyl (C=O) groups is 2. The van der Waals surface area contributed by atoms with E-state index in [1.165, 1.54) is 19.1 Å². The Labute approximate surface area is 97.2 Å². The zero-order chi connectivity index (χ0) is 12.8. The summed E-state index contributed by atoms with van der Waals surface area (Å²) in [4.78, 5) is 21.9. The van der Waals surface area contributed by atoms with Crippen LogP contribution in [0.2, 0.25) is 0 Å². The highest BCUT2D eigenvalue weighted by Crippen LogP contribution is 2.19. The van der Waals surface area contributed by atoms with Crippen molar-refractivity contribution in [3.05, 3.63) is 24.0 Å². The van der Waals surface area contributed by atoms with Crippen molar-refractivity contribution in [1.82, 2.24) is 0 Å². The molecule has 0 saturated heterocycles. The molecular weight excluding hydrogens is 225 g/mol. The molecule has 0 aliphatic heterocycles. The lowest BCUT2D eigenvalue weighted by Gasteiger charge is -2.07. The number of anilines is 2. The average molecular weight is 235 g/mol.